The molecule has 1 aromatic heterocycles. The molecule has 1 aliphatic rings. The highest BCUT2D eigenvalue weighted by Crippen LogP contribution is 2.28. The van der Waals surface area contributed by atoms with E-state index in [0.717, 1.165) is 18.5 Å². The first kappa shape index (κ1) is 26.2. The summed E-state index contributed by atoms with van der Waals surface area (Å²) in [6.07, 6.45) is 0.464. The Morgan fingerprint density at radius 1 is 1.18 bits per heavy atom. The van der Waals surface area contributed by atoms with Crippen molar-refractivity contribution in [2.45, 2.75) is 44.9 Å². The summed E-state index contributed by atoms with van der Waals surface area (Å²) >= 11 is 6.21. The van der Waals surface area contributed by atoms with E-state index in [1.807, 2.05) is 17.0 Å². The molecule has 2 aromatic rings. The lowest BCUT2D eigenvalue weighted by Gasteiger charge is -2.26. The zero-order valence-electron chi connectivity index (χ0n) is 18.1. The second kappa shape index (κ2) is 11.7. The molecular weight excluding hydrogens is 463 g/mol. The van der Waals surface area contributed by atoms with E-state index in [9.17, 15) is 18.0 Å². The van der Waals surface area contributed by atoms with Crippen molar-refractivity contribution in [2.75, 3.05) is 18.5 Å². The second-order valence-corrected chi connectivity index (χ2v) is 7.91. The molecule has 2 heterocycles. The third-order valence-electron chi connectivity index (χ3n) is 4.93. The number of carboxylic acid groups (broad SMARTS) is 1. The predicted octanol–water partition coefficient (Wildman–Crippen LogP) is 4.87. The normalized spacial score (nSPS) is 17.7. The van der Waals surface area contributed by atoms with E-state index in [0.29, 0.717) is 29.5 Å². The smallest absolute Gasteiger partial charge is 0.490 e. The standard InChI is InChI=1S/C20H24ClN3O2.C2HF3O2/c1-14-3-4-15(2)24(14)20(25)16-11-17(21)13-19(12-16)26-10-9-23-18-5-7-22-8-6-18;3-2(4,5)1(6)7/h5-8,11-15H,3-4,9-10H2,1-2H3,(H,22,23);(H,6,7). The molecule has 1 fully saturated rings. The van der Waals surface area contributed by atoms with Crippen molar-refractivity contribution in [3.63, 3.8) is 0 Å². The SMILES string of the molecule is CC1CCC(C)N1C(=O)c1cc(Cl)cc(OCCNc2ccncc2)c1.O=C(O)C(F)(F)F. The van der Waals surface area contributed by atoms with Gasteiger partial charge in [0.15, 0.2) is 0 Å². The van der Waals surface area contributed by atoms with Crippen molar-refractivity contribution in [2.24, 2.45) is 0 Å². The Balaban J connectivity index is 0.000000479. The molecule has 0 aliphatic carbocycles. The van der Waals surface area contributed by atoms with E-state index in [1.165, 1.54) is 0 Å². The number of anilines is 1. The van der Waals surface area contributed by atoms with Crippen LogP contribution in [0.4, 0.5) is 18.9 Å². The maximum atomic E-state index is 12.9. The van der Waals surface area contributed by atoms with E-state index in [4.69, 9.17) is 26.2 Å². The highest BCUT2D eigenvalue weighted by atomic mass is 35.5. The lowest BCUT2D eigenvalue weighted by molar-refractivity contribution is -0.192. The molecule has 2 unspecified atom stereocenters. The van der Waals surface area contributed by atoms with Crippen LogP contribution in [0.2, 0.25) is 5.02 Å². The Morgan fingerprint density at radius 3 is 2.30 bits per heavy atom. The number of hydrogen-bond acceptors (Lipinski definition) is 5. The first-order valence-electron chi connectivity index (χ1n) is 10.2. The summed E-state index contributed by atoms with van der Waals surface area (Å²) in [5.41, 5.74) is 1.57. The van der Waals surface area contributed by atoms with E-state index in [-0.39, 0.29) is 18.0 Å². The number of pyridine rings is 1. The molecule has 0 spiro atoms. The number of carboxylic acids is 1. The minimum absolute atomic E-state index is 0.0183. The van der Waals surface area contributed by atoms with Gasteiger partial charge < -0.3 is 20.1 Å². The molecule has 1 saturated heterocycles. The van der Waals surface area contributed by atoms with E-state index in [1.54, 1.807) is 30.6 Å². The fraction of sp³-hybridized carbons (Fsp3) is 0.409. The van der Waals surface area contributed by atoms with Gasteiger partial charge in [0.1, 0.15) is 12.4 Å². The number of alkyl halides is 3. The van der Waals surface area contributed by atoms with Crippen molar-refractivity contribution >= 4 is 29.2 Å². The molecule has 0 saturated carbocycles. The molecule has 11 heteroatoms. The summed E-state index contributed by atoms with van der Waals surface area (Å²) < 4.78 is 37.5. The average Bonchev–Trinajstić information content (AvgIpc) is 3.09. The van der Waals surface area contributed by atoms with Crippen LogP contribution in [0.25, 0.3) is 0 Å². The maximum Gasteiger partial charge on any atom is 0.490 e. The van der Waals surface area contributed by atoms with E-state index >= 15 is 0 Å². The number of carbonyl (C=O) groups is 2. The number of carbonyl (C=O) groups excluding carboxylic acids is 1. The molecule has 33 heavy (non-hydrogen) atoms. The zero-order valence-corrected chi connectivity index (χ0v) is 18.9. The Kier molecular flexibility index (Phi) is 9.33. The second-order valence-electron chi connectivity index (χ2n) is 7.48. The van der Waals surface area contributed by atoms with Gasteiger partial charge in [-0.2, -0.15) is 13.2 Å². The van der Waals surface area contributed by atoms with E-state index < -0.39 is 12.1 Å². The van der Waals surface area contributed by atoms with Crippen LogP contribution in [-0.4, -0.2) is 58.3 Å². The van der Waals surface area contributed by atoms with Crippen molar-refractivity contribution in [1.82, 2.24) is 9.88 Å². The Hall–Kier alpha value is -3.01. The van der Waals surface area contributed by atoms with Crippen molar-refractivity contribution in [3.05, 3.63) is 53.3 Å². The largest absolute Gasteiger partial charge is 0.492 e. The van der Waals surface area contributed by atoms with Crippen LogP contribution in [-0.2, 0) is 4.79 Å². The summed E-state index contributed by atoms with van der Waals surface area (Å²) in [4.78, 5) is 27.7. The van der Waals surface area contributed by atoms with Gasteiger partial charge in [-0.25, -0.2) is 4.79 Å². The first-order chi connectivity index (χ1) is 15.5. The molecule has 0 radical (unpaired) electrons. The summed E-state index contributed by atoms with van der Waals surface area (Å²) in [6.45, 7) is 5.29. The minimum atomic E-state index is -5.08. The molecular formula is C22H25ClF3N3O4. The van der Waals surface area contributed by atoms with Gasteiger partial charge in [0.2, 0.25) is 0 Å². The monoisotopic (exact) mass is 487 g/mol. The van der Waals surface area contributed by atoms with Crippen LogP contribution in [0.15, 0.2) is 42.7 Å². The number of likely N-dealkylation sites (tertiary alicyclic amines) is 1. The number of ether oxygens (including phenoxy) is 1. The van der Waals surface area contributed by atoms with Crippen LogP contribution >= 0.6 is 11.6 Å². The number of nitrogens with one attached hydrogen (secondary N) is 1. The number of halogens is 4. The Labute approximate surface area is 194 Å². The van der Waals surface area contributed by atoms with Gasteiger partial charge in [0.05, 0.1) is 0 Å². The summed E-state index contributed by atoms with van der Waals surface area (Å²) in [7, 11) is 0. The number of nitrogens with zero attached hydrogens (tertiary/aromatic N) is 2. The van der Waals surface area contributed by atoms with Gasteiger partial charge in [-0.1, -0.05) is 11.6 Å². The van der Waals surface area contributed by atoms with Crippen molar-refractivity contribution in [1.29, 1.82) is 0 Å². The van der Waals surface area contributed by atoms with E-state index in [2.05, 4.69) is 24.1 Å². The molecule has 1 aliphatic heterocycles. The highest BCUT2D eigenvalue weighted by Gasteiger charge is 2.38. The fourth-order valence-corrected chi connectivity index (χ4v) is 3.57. The lowest BCUT2D eigenvalue weighted by atomic mass is 10.1. The third kappa shape index (κ3) is 8.12. The maximum absolute atomic E-state index is 12.9. The molecule has 0 bridgehead atoms. The van der Waals surface area contributed by atoms with Gasteiger partial charge >= 0.3 is 12.1 Å². The number of rotatable bonds is 6. The molecule has 2 N–H and O–H groups in total. The van der Waals surface area contributed by atoms with Crippen LogP contribution in [0.1, 0.15) is 37.0 Å². The molecule has 2 atom stereocenters. The van der Waals surface area contributed by atoms with Gasteiger partial charge in [0, 0.05) is 47.3 Å². The summed E-state index contributed by atoms with van der Waals surface area (Å²) in [5.74, 6) is -2.13. The lowest BCUT2D eigenvalue weighted by Crippen LogP contribution is -2.38. The molecule has 7 nitrogen and oxygen atoms in total. The first-order valence-corrected chi connectivity index (χ1v) is 10.6. The Morgan fingerprint density at radius 2 is 1.76 bits per heavy atom. The summed E-state index contributed by atoms with van der Waals surface area (Å²) in [5, 5.41) is 10.9. The van der Waals surface area contributed by atoms with Gasteiger partial charge in [-0.05, 0) is 57.0 Å². The molecule has 1 amide bonds. The highest BCUT2D eigenvalue weighted by molar-refractivity contribution is 6.31. The minimum Gasteiger partial charge on any atom is -0.492 e. The van der Waals surface area contributed by atoms with Gasteiger partial charge in [-0.15, -0.1) is 0 Å². The number of benzene rings is 1. The number of amides is 1. The zero-order chi connectivity index (χ0) is 24.6. The average molecular weight is 488 g/mol. The quantitative estimate of drug-likeness (QED) is 0.565. The summed E-state index contributed by atoms with van der Waals surface area (Å²) in [6, 6.07) is 9.53. The van der Waals surface area contributed by atoms with Gasteiger partial charge in [0.25, 0.3) is 5.91 Å². The number of aromatic nitrogens is 1. The van der Waals surface area contributed by atoms with Crippen LogP contribution in [0.3, 0.4) is 0 Å². The molecule has 3 rings (SSSR count). The van der Waals surface area contributed by atoms with Crippen LogP contribution < -0.4 is 10.1 Å². The Bertz CT molecular complexity index is 934. The fourth-order valence-electron chi connectivity index (χ4n) is 3.35. The molecule has 180 valence electrons. The predicted molar refractivity (Wildman–Crippen MR) is 118 cm³/mol. The van der Waals surface area contributed by atoms with Crippen molar-refractivity contribution < 1.29 is 32.6 Å². The van der Waals surface area contributed by atoms with Crippen LogP contribution in [0.5, 0.6) is 5.75 Å². The molecule has 1 aromatic carbocycles. The third-order valence-corrected chi connectivity index (χ3v) is 5.15. The number of hydrogen-bond donors (Lipinski definition) is 2. The van der Waals surface area contributed by atoms with Crippen molar-refractivity contribution in [3.8, 4) is 5.75 Å². The van der Waals surface area contributed by atoms with Gasteiger partial charge in [-0.3, -0.25) is 9.78 Å². The van der Waals surface area contributed by atoms with Crippen LogP contribution in [0, 0.1) is 0 Å². The topological polar surface area (TPSA) is 91.8 Å². The number of aliphatic carboxylic acids is 1.